The number of carboxylic acid groups (broad SMARTS) is 1. The number of carbonyl (C=O) groups excluding carboxylic acids is 1. The molecule has 0 saturated carbocycles. The van der Waals surface area contributed by atoms with Gasteiger partial charge in [-0.05, 0) is 18.9 Å². The molecule has 4 nitrogen and oxygen atoms in total. The Hall–Kier alpha value is -1.76. The van der Waals surface area contributed by atoms with E-state index in [1.54, 1.807) is 6.08 Å². The molecular weight excluding hydrogens is 208 g/mol. The molecule has 0 amide bonds. The van der Waals surface area contributed by atoms with Crippen LogP contribution in [0.3, 0.4) is 0 Å². The lowest BCUT2D eigenvalue weighted by molar-refractivity contribution is -0.138. The number of carbonyl (C=O) groups is 2. The van der Waals surface area contributed by atoms with Crippen LogP contribution in [0.15, 0.2) is 12.2 Å². The molecule has 0 fully saturated rings. The first kappa shape index (κ1) is 12.3. The predicted octanol–water partition coefficient (Wildman–Crippen LogP) is 1.51. The zero-order valence-electron chi connectivity index (χ0n) is 8.94. The van der Waals surface area contributed by atoms with Gasteiger partial charge in [-0.15, -0.1) is 5.92 Å². The van der Waals surface area contributed by atoms with Crippen molar-refractivity contribution in [2.24, 2.45) is 0 Å². The van der Waals surface area contributed by atoms with Crippen molar-refractivity contribution < 1.29 is 19.4 Å². The number of ether oxygens (including phenoxy) is 1. The first-order valence-corrected chi connectivity index (χ1v) is 5.25. The topological polar surface area (TPSA) is 63.6 Å². The molecule has 1 aliphatic heterocycles. The van der Waals surface area contributed by atoms with Crippen molar-refractivity contribution in [1.82, 2.24) is 0 Å². The highest BCUT2D eigenvalue weighted by atomic mass is 16.5. The standard InChI is InChI=1S/C12H14O4/c13-11(14)7-5-3-1-2-4-6-10-8-9-12(15)16-10/h8-10H,1,3,5-7H2,(H,13,14)/t10-/m0/s1. The Morgan fingerprint density at radius 1 is 1.44 bits per heavy atom. The number of unbranched alkanes of at least 4 members (excludes halogenated alkanes) is 2. The summed E-state index contributed by atoms with van der Waals surface area (Å²) in [6.45, 7) is 0. The molecule has 0 aromatic carbocycles. The minimum Gasteiger partial charge on any atom is -0.481 e. The minimum atomic E-state index is -0.768. The fourth-order valence-corrected chi connectivity index (χ4v) is 1.27. The van der Waals surface area contributed by atoms with Gasteiger partial charge < -0.3 is 9.84 Å². The van der Waals surface area contributed by atoms with Gasteiger partial charge in [0.05, 0.1) is 0 Å². The Kier molecular flexibility index (Phi) is 5.13. The molecule has 1 N–H and O–H groups in total. The Balaban J connectivity index is 2.03. The molecule has 0 aromatic heterocycles. The van der Waals surface area contributed by atoms with Crippen LogP contribution in [0, 0.1) is 11.8 Å². The first-order chi connectivity index (χ1) is 7.68. The lowest BCUT2D eigenvalue weighted by Gasteiger charge is -2.01. The van der Waals surface area contributed by atoms with E-state index in [-0.39, 0.29) is 18.5 Å². The fraction of sp³-hybridized carbons (Fsp3) is 0.500. The average Bonchev–Trinajstić information content (AvgIpc) is 2.62. The summed E-state index contributed by atoms with van der Waals surface area (Å²) in [6, 6.07) is 0. The molecule has 4 heteroatoms. The van der Waals surface area contributed by atoms with Crippen molar-refractivity contribution in [3.63, 3.8) is 0 Å². The second kappa shape index (κ2) is 6.67. The molecule has 0 saturated heterocycles. The summed E-state index contributed by atoms with van der Waals surface area (Å²) in [5.41, 5.74) is 0. The Morgan fingerprint density at radius 2 is 2.25 bits per heavy atom. The molecule has 86 valence electrons. The van der Waals surface area contributed by atoms with Gasteiger partial charge in [-0.1, -0.05) is 5.92 Å². The van der Waals surface area contributed by atoms with E-state index in [4.69, 9.17) is 9.84 Å². The number of rotatable bonds is 5. The van der Waals surface area contributed by atoms with E-state index in [1.165, 1.54) is 6.08 Å². The van der Waals surface area contributed by atoms with E-state index in [2.05, 4.69) is 11.8 Å². The molecule has 0 radical (unpaired) electrons. The Labute approximate surface area is 94.3 Å². The van der Waals surface area contributed by atoms with E-state index in [0.717, 1.165) is 6.42 Å². The maximum Gasteiger partial charge on any atom is 0.331 e. The molecule has 0 aromatic rings. The fourth-order valence-electron chi connectivity index (χ4n) is 1.27. The molecule has 16 heavy (non-hydrogen) atoms. The number of esters is 1. The van der Waals surface area contributed by atoms with Crippen LogP contribution in [0.25, 0.3) is 0 Å². The number of carboxylic acids is 1. The quantitative estimate of drug-likeness (QED) is 0.435. The number of cyclic esters (lactones) is 1. The highest BCUT2D eigenvalue weighted by Crippen LogP contribution is 2.07. The minimum absolute atomic E-state index is 0.199. The predicted molar refractivity (Wildman–Crippen MR) is 57.5 cm³/mol. The van der Waals surface area contributed by atoms with Crippen molar-refractivity contribution in [2.45, 2.75) is 38.2 Å². The van der Waals surface area contributed by atoms with E-state index >= 15 is 0 Å². The zero-order chi connectivity index (χ0) is 11.8. The van der Waals surface area contributed by atoms with Crippen LogP contribution in [-0.2, 0) is 14.3 Å². The molecule has 1 rings (SSSR count). The second-order valence-electron chi connectivity index (χ2n) is 3.49. The third kappa shape index (κ3) is 5.20. The van der Waals surface area contributed by atoms with Crippen LogP contribution < -0.4 is 0 Å². The molecule has 1 atom stereocenters. The van der Waals surface area contributed by atoms with Gasteiger partial charge in [0.2, 0.25) is 0 Å². The SMILES string of the molecule is O=C(O)CCCCC#CC[C@H]1C=CC(=O)O1. The lowest BCUT2D eigenvalue weighted by atomic mass is 10.2. The summed E-state index contributed by atoms with van der Waals surface area (Å²) in [6.07, 6.45) is 5.74. The summed E-state index contributed by atoms with van der Waals surface area (Å²) >= 11 is 0. The van der Waals surface area contributed by atoms with Crippen molar-refractivity contribution in [1.29, 1.82) is 0 Å². The number of hydrogen-bond donors (Lipinski definition) is 1. The van der Waals surface area contributed by atoms with Crippen LogP contribution in [0.2, 0.25) is 0 Å². The Bertz CT molecular complexity index is 346. The molecule has 1 heterocycles. The second-order valence-corrected chi connectivity index (χ2v) is 3.49. The maximum absolute atomic E-state index is 10.7. The van der Waals surface area contributed by atoms with Gasteiger partial charge in [-0.3, -0.25) is 4.79 Å². The van der Waals surface area contributed by atoms with Crippen molar-refractivity contribution >= 4 is 11.9 Å². The largest absolute Gasteiger partial charge is 0.481 e. The van der Waals surface area contributed by atoms with E-state index in [9.17, 15) is 9.59 Å². The highest BCUT2D eigenvalue weighted by Gasteiger charge is 2.14. The molecule has 0 unspecified atom stereocenters. The van der Waals surface area contributed by atoms with Gasteiger partial charge in [0.1, 0.15) is 6.10 Å². The average molecular weight is 222 g/mol. The molecular formula is C12H14O4. The van der Waals surface area contributed by atoms with E-state index in [1.807, 2.05) is 0 Å². The normalized spacial score (nSPS) is 17.8. The summed E-state index contributed by atoms with van der Waals surface area (Å²) in [5.74, 6) is 4.76. The first-order valence-electron chi connectivity index (χ1n) is 5.25. The number of hydrogen-bond acceptors (Lipinski definition) is 3. The lowest BCUT2D eigenvalue weighted by Crippen LogP contribution is -2.05. The van der Waals surface area contributed by atoms with Gasteiger partial charge in [0.25, 0.3) is 0 Å². The molecule has 0 bridgehead atoms. The van der Waals surface area contributed by atoms with Crippen molar-refractivity contribution in [2.75, 3.05) is 0 Å². The van der Waals surface area contributed by atoms with Crippen molar-refractivity contribution in [3.05, 3.63) is 12.2 Å². The van der Waals surface area contributed by atoms with Gasteiger partial charge >= 0.3 is 11.9 Å². The van der Waals surface area contributed by atoms with Gasteiger partial charge in [0, 0.05) is 25.3 Å². The van der Waals surface area contributed by atoms with Crippen LogP contribution >= 0.6 is 0 Å². The Morgan fingerprint density at radius 3 is 2.88 bits per heavy atom. The highest BCUT2D eigenvalue weighted by molar-refractivity contribution is 5.84. The van der Waals surface area contributed by atoms with Gasteiger partial charge in [-0.25, -0.2) is 4.79 Å². The summed E-state index contributed by atoms with van der Waals surface area (Å²) in [7, 11) is 0. The molecule has 0 aliphatic carbocycles. The molecule has 1 aliphatic rings. The third-order valence-corrected chi connectivity index (χ3v) is 2.09. The van der Waals surface area contributed by atoms with Crippen molar-refractivity contribution in [3.8, 4) is 11.8 Å². The summed E-state index contributed by atoms with van der Waals surface area (Å²) < 4.78 is 4.89. The summed E-state index contributed by atoms with van der Waals surface area (Å²) in [5, 5.41) is 8.39. The van der Waals surface area contributed by atoms with Gasteiger partial charge in [0.15, 0.2) is 0 Å². The smallest absolute Gasteiger partial charge is 0.331 e. The monoisotopic (exact) mass is 222 g/mol. The van der Waals surface area contributed by atoms with E-state index < -0.39 is 5.97 Å². The number of aliphatic carboxylic acids is 1. The summed E-state index contributed by atoms with van der Waals surface area (Å²) in [4.78, 5) is 20.9. The van der Waals surface area contributed by atoms with Crippen LogP contribution in [0.1, 0.15) is 32.1 Å². The van der Waals surface area contributed by atoms with Crippen LogP contribution in [0.5, 0.6) is 0 Å². The van der Waals surface area contributed by atoms with E-state index in [0.29, 0.717) is 19.3 Å². The van der Waals surface area contributed by atoms with Crippen LogP contribution in [0.4, 0.5) is 0 Å². The van der Waals surface area contributed by atoms with Gasteiger partial charge in [-0.2, -0.15) is 0 Å². The zero-order valence-corrected chi connectivity index (χ0v) is 8.94. The van der Waals surface area contributed by atoms with Crippen LogP contribution in [-0.4, -0.2) is 23.1 Å². The third-order valence-electron chi connectivity index (χ3n) is 2.09. The molecule has 0 spiro atoms. The maximum atomic E-state index is 10.7.